The third-order valence-electron chi connectivity index (χ3n) is 5.60. The molecule has 2 aromatic rings. The first kappa shape index (κ1) is 18.8. The molecule has 4 atom stereocenters. The van der Waals surface area contributed by atoms with E-state index in [1.54, 1.807) is 24.3 Å². The van der Waals surface area contributed by atoms with Crippen molar-refractivity contribution in [1.82, 2.24) is 0 Å². The zero-order chi connectivity index (χ0) is 19.7. The van der Waals surface area contributed by atoms with Gasteiger partial charge in [-0.15, -0.1) is 0 Å². The standard InChI is InChI=1S/C23H22ClNO3/c1-14-7-10-18(13-20(14)24)25-22(26)21(16-5-3-2-4-6-16)28-23(27)19-12-15-8-9-17(19)11-15/h2-10,13,15,17,19,21H,11-12H2,1H3,(H,25,26)/t15-,17+,19+,21+/m0/s1. The van der Waals surface area contributed by atoms with Gasteiger partial charge in [0.25, 0.3) is 5.91 Å². The Kier molecular flexibility index (Phi) is 5.23. The predicted molar refractivity (Wildman–Crippen MR) is 109 cm³/mol. The molecule has 0 saturated heterocycles. The molecule has 1 N–H and O–H groups in total. The fourth-order valence-electron chi connectivity index (χ4n) is 4.03. The highest BCUT2D eigenvalue weighted by atomic mass is 35.5. The first-order valence-electron chi connectivity index (χ1n) is 9.52. The highest BCUT2D eigenvalue weighted by molar-refractivity contribution is 6.31. The Hall–Kier alpha value is -2.59. The summed E-state index contributed by atoms with van der Waals surface area (Å²) in [4.78, 5) is 25.8. The third-order valence-corrected chi connectivity index (χ3v) is 6.00. The van der Waals surface area contributed by atoms with Crippen LogP contribution in [0.5, 0.6) is 0 Å². The van der Waals surface area contributed by atoms with Crippen LogP contribution in [0.2, 0.25) is 5.02 Å². The number of anilines is 1. The van der Waals surface area contributed by atoms with Crippen LogP contribution < -0.4 is 5.32 Å². The molecule has 28 heavy (non-hydrogen) atoms. The largest absolute Gasteiger partial charge is 0.447 e. The quantitative estimate of drug-likeness (QED) is 0.567. The average Bonchev–Trinajstić information content (AvgIpc) is 3.33. The van der Waals surface area contributed by atoms with Crippen LogP contribution in [-0.2, 0) is 14.3 Å². The van der Waals surface area contributed by atoms with Crippen molar-refractivity contribution < 1.29 is 14.3 Å². The molecule has 2 aliphatic rings. The van der Waals surface area contributed by atoms with Crippen molar-refractivity contribution in [3.63, 3.8) is 0 Å². The Morgan fingerprint density at radius 2 is 1.89 bits per heavy atom. The van der Waals surface area contributed by atoms with E-state index in [9.17, 15) is 9.59 Å². The number of amides is 1. The van der Waals surface area contributed by atoms with E-state index in [0.29, 0.717) is 22.2 Å². The van der Waals surface area contributed by atoms with Crippen LogP contribution >= 0.6 is 11.6 Å². The van der Waals surface area contributed by atoms with Crippen LogP contribution in [0.15, 0.2) is 60.7 Å². The smallest absolute Gasteiger partial charge is 0.310 e. The molecule has 2 bridgehead atoms. The monoisotopic (exact) mass is 395 g/mol. The molecule has 5 heteroatoms. The average molecular weight is 396 g/mol. The van der Waals surface area contributed by atoms with Gasteiger partial charge in [-0.1, -0.05) is 60.2 Å². The van der Waals surface area contributed by atoms with E-state index in [1.165, 1.54) is 0 Å². The molecule has 0 heterocycles. The highest BCUT2D eigenvalue weighted by Crippen LogP contribution is 2.44. The van der Waals surface area contributed by atoms with E-state index in [-0.39, 0.29) is 17.8 Å². The fourth-order valence-corrected chi connectivity index (χ4v) is 4.22. The van der Waals surface area contributed by atoms with Gasteiger partial charge in [-0.25, -0.2) is 0 Å². The number of fused-ring (bicyclic) bond motifs is 2. The number of benzene rings is 2. The summed E-state index contributed by atoms with van der Waals surface area (Å²) in [5.41, 5.74) is 2.14. The summed E-state index contributed by atoms with van der Waals surface area (Å²) < 4.78 is 5.74. The molecular weight excluding hydrogens is 374 g/mol. The minimum absolute atomic E-state index is 0.164. The second kappa shape index (κ2) is 7.80. The summed E-state index contributed by atoms with van der Waals surface area (Å²) in [6.07, 6.45) is 5.08. The van der Waals surface area contributed by atoms with Crippen LogP contribution in [-0.4, -0.2) is 11.9 Å². The minimum Gasteiger partial charge on any atom is -0.447 e. The van der Waals surface area contributed by atoms with Crippen molar-refractivity contribution in [3.8, 4) is 0 Å². The number of halogens is 1. The molecule has 0 aromatic heterocycles. The van der Waals surface area contributed by atoms with E-state index < -0.39 is 12.0 Å². The number of allylic oxidation sites excluding steroid dienone is 2. The van der Waals surface area contributed by atoms with Gasteiger partial charge in [0.1, 0.15) is 0 Å². The first-order chi connectivity index (χ1) is 13.5. The lowest BCUT2D eigenvalue weighted by Gasteiger charge is -2.22. The van der Waals surface area contributed by atoms with Crippen molar-refractivity contribution in [1.29, 1.82) is 0 Å². The molecule has 0 unspecified atom stereocenters. The van der Waals surface area contributed by atoms with Crippen molar-refractivity contribution in [2.24, 2.45) is 17.8 Å². The molecule has 1 amide bonds. The Bertz CT molecular complexity index is 925. The van der Waals surface area contributed by atoms with E-state index in [2.05, 4.69) is 17.5 Å². The summed E-state index contributed by atoms with van der Waals surface area (Å²) in [6.45, 7) is 1.90. The highest BCUT2D eigenvalue weighted by Gasteiger charge is 2.42. The van der Waals surface area contributed by atoms with Gasteiger partial charge in [0.15, 0.2) is 0 Å². The van der Waals surface area contributed by atoms with Gasteiger partial charge in [-0.3, -0.25) is 9.59 Å². The molecule has 4 nitrogen and oxygen atoms in total. The topological polar surface area (TPSA) is 55.4 Å². The fraction of sp³-hybridized carbons (Fsp3) is 0.304. The number of esters is 1. The SMILES string of the molecule is Cc1ccc(NC(=O)[C@H](OC(=O)[C@@H]2C[C@H]3C=C[C@@H]2C3)c2ccccc2)cc1Cl. The van der Waals surface area contributed by atoms with Crippen LogP contribution in [0.25, 0.3) is 0 Å². The first-order valence-corrected chi connectivity index (χ1v) is 9.90. The molecule has 2 aliphatic carbocycles. The maximum absolute atomic E-state index is 13.0. The summed E-state index contributed by atoms with van der Waals surface area (Å²) in [6, 6.07) is 14.4. The van der Waals surface area contributed by atoms with Gasteiger partial charge in [-0.2, -0.15) is 0 Å². The summed E-state index contributed by atoms with van der Waals surface area (Å²) in [5.74, 6) is -0.169. The number of nitrogens with one attached hydrogen (secondary N) is 1. The van der Waals surface area contributed by atoms with E-state index in [4.69, 9.17) is 16.3 Å². The summed E-state index contributed by atoms with van der Waals surface area (Å²) in [7, 11) is 0. The summed E-state index contributed by atoms with van der Waals surface area (Å²) in [5, 5.41) is 3.39. The number of carbonyl (C=O) groups excluding carboxylic acids is 2. The molecule has 0 spiro atoms. The number of hydrogen-bond donors (Lipinski definition) is 1. The molecule has 144 valence electrons. The van der Waals surface area contributed by atoms with Gasteiger partial charge < -0.3 is 10.1 Å². The number of rotatable bonds is 5. The van der Waals surface area contributed by atoms with E-state index in [1.807, 2.05) is 31.2 Å². The molecule has 0 radical (unpaired) electrons. The molecule has 4 rings (SSSR count). The zero-order valence-corrected chi connectivity index (χ0v) is 16.4. The van der Waals surface area contributed by atoms with Crippen LogP contribution in [0, 0.1) is 24.7 Å². The Balaban J connectivity index is 1.53. The maximum Gasteiger partial charge on any atom is 0.310 e. The number of hydrogen-bond acceptors (Lipinski definition) is 3. The zero-order valence-electron chi connectivity index (χ0n) is 15.6. The Morgan fingerprint density at radius 3 is 2.54 bits per heavy atom. The van der Waals surface area contributed by atoms with Crippen LogP contribution in [0.1, 0.15) is 30.1 Å². The minimum atomic E-state index is -1.00. The molecule has 1 saturated carbocycles. The van der Waals surface area contributed by atoms with Gasteiger partial charge >= 0.3 is 5.97 Å². The lowest BCUT2D eigenvalue weighted by molar-refractivity contribution is -0.159. The number of aryl methyl sites for hydroxylation is 1. The second-order valence-electron chi connectivity index (χ2n) is 7.57. The third kappa shape index (κ3) is 3.83. The Morgan fingerprint density at radius 1 is 1.11 bits per heavy atom. The van der Waals surface area contributed by atoms with Crippen molar-refractivity contribution in [2.45, 2.75) is 25.9 Å². The van der Waals surface area contributed by atoms with E-state index in [0.717, 1.165) is 18.4 Å². The number of carbonyl (C=O) groups is 2. The number of ether oxygens (including phenoxy) is 1. The van der Waals surface area contributed by atoms with E-state index >= 15 is 0 Å². The van der Waals surface area contributed by atoms with Gasteiger partial charge in [-0.05, 0) is 49.3 Å². The van der Waals surface area contributed by atoms with Crippen molar-refractivity contribution in [2.75, 3.05) is 5.32 Å². The summed E-state index contributed by atoms with van der Waals surface area (Å²) >= 11 is 6.16. The molecule has 0 aliphatic heterocycles. The second-order valence-corrected chi connectivity index (χ2v) is 7.97. The molecule has 1 fully saturated rings. The van der Waals surface area contributed by atoms with Crippen LogP contribution in [0.4, 0.5) is 5.69 Å². The predicted octanol–water partition coefficient (Wildman–Crippen LogP) is 5.08. The van der Waals surface area contributed by atoms with Crippen LogP contribution in [0.3, 0.4) is 0 Å². The normalized spacial score (nSPS) is 23.4. The van der Waals surface area contributed by atoms with Gasteiger partial charge in [0, 0.05) is 16.3 Å². The lowest BCUT2D eigenvalue weighted by Crippen LogP contribution is -2.30. The molecule has 2 aromatic carbocycles. The maximum atomic E-state index is 13.0. The van der Waals surface area contributed by atoms with Crippen molar-refractivity contribution in [3.05, 3.63) is 76.8 Å². The Labute approximate surface area is 169 Å². The lowest BCUT2D eigenvalue weighted by atomic mass is 9.93. The molecular formula is C23H22ClNO3. The van der Waals surface area contributed by atoms with Gasteiger partial charge in [0.05, 0.1) is 5.92 Å². The van der Waals surface area contributed by atoms with Crippen molar-refractivity contribution >= 4 is 29.2 Å². The van der Waals surface area contributed by atoms with Gasteiger partial charge in [0.2, 0.25) is 6.10 Å².